The molecule has 1 amide bonds. The van der Waals surface area contributed by atoms with Gasteiger partial charge in [-0.05, 0) is 27.2 Å². The quantitative estimate of drug-likeness (QED) is 0.729. The average Bonchev–Trinajstić information content (AvgIpc) is 2.62. The van der Waals surface area contributed by atoms with Crippen LogP contribution in [-0.2, 0) is 14.3 Å². The number of ether oxygens (including phenoxy) is 2. The summed E-state index contributed by atoms with van der Waals surface area (Å²) in [5.74, 6) is 0.581. The van der Waals surface area contributed by atoms with E-state index in [0.717, 1.165) is 26.1 Å². The zero-order chi connectivity index (χ0) is 12.2. The highest BCUT2D eigenvalue weighted by molar-refractivity contribution is 5.77. The van der Waals surface area contributed by atoms with Crippen LogP contribution in [0.25, 0.3) is 0 Å². The summed E-state index contributed by atoms with van der Waals surface area (Å²) in [5, 5.41) is 0. The molecule has 0 spiro atoms. The Morgan fingerprint density at radius 3 is 2.69 bits per heavy atom. The van der Waals surface area contributed by atoms with Crippen LogP contribution in [0, 0.1) is 5.92 Å². The van der Waals surface area contributed by atoms with Crippen molar-refractivity contribution in [1.29, 1.82) is 0 Å². The number of amides is 1. The molecule has 0 aromatic rings. The van der Waals surface area contributed by atoms with E-state index in [-0.39, 0.29) is 18.1 Å². The minimum atomic E-state index is -0.249. The Balaban J connectivity index is 2.28. The van der Waals surface area contributed by atoms with Gasteiger partial charge < -0.3 is 14.4 Å². The zero-order valence-corrected chi connectivity index (χ0v) is 10.8. The lowest BCUT2D eigenvalue weighted by Crippen LogP contribution is -2.35. The molecule has 4 nitrogen and oxygen atoms in total. The first-order valence-electron chi connectivity index (χ1n) is 5.83. The summed E-state index contributed by atoms with van der Waals surface area (Å²) in [6, 6.07) is 0. The Kier molecular flexibility index (Phi) is 4.74. The molecule has 1 rings (SSSR count). The molecule has 0 aromatic carbocycles. The standard InChI is InChI=1S/C12H23NO3/c1-12(2,3)16-9-11(14)13-6-5-10(7-13)8-15-4/h10H,5-9H2,1-4H3. The second-order valence-corrected chi connectivity index (χ2v) is 5.35. The summed E-state index contributed by atoms with van der Waals surface area (Å²) in [7, 11) is 1.70. The Hall–Kier alpha value is -0.610. The third-order valence-corrected chi connectivity index (χ3v) is 2.67. The fraction of sp³-hybridized carbons (Fsp3) is 0.917. The summed E-state index contributed by atoms with van der Waals surface area (Å²) in [5.41, 5.74) is -0.249. The zero-order valence-electron chi connectivity index (χ0n) is 10.8. The SMILES string of the molecule is COCC1CCN(C(=O)COC(C)(C)C)C1. The molecule has 1 atom stereocenters. The van der Waals surface area contributed by atoms with Crippen LogP contribution < -0.4 is 0 Å². The van der Waals surface area contributed by atoms with Crippen LogP contribution in [0.4, 0.5) is 0 Å². The van der Waals surface area contributed by atoms with Gasteiger partial charge in [0.2, 0.25) is 5.91 Å². The van der Waals surface area contributed by atoms with E-state index in [0.29, 0.717) is 5.92 Å². The van der Waals surface area contributed by atoms with Gasteiger partial charge in [-0.1, -0.05) is 0 Å². The molecule has 4 heteroatoms. The molecule has 94 valence electrons. The van der Waals surface area contributed by atoms with E-state index in [4.69, 9.17) is 9.47 Å². The van der Waals surface area contributed by atoms with Gasteiger partial charge in [0.1, 0.15) is 6.61 Å². The number of rotatable bonds is 4. The van der Waals surface area contributed by atoms with Crippen molar-refractivity contribution in [3.8, 4) is 0 Å². The van der Waals surface area contributed by atoms with Crippen LogP contribution in [0.15, 0.2) is 0 Å². The van der Waals surface area contributed by atoms with Gasteiger partial charge in [-0.3, -0.25) is 4.79 Å². The number of hydrogen-bond acceptors (Lipinski definition) is 3. The topological polar surface area (TPSA) is 38.8 Å². The lowest BCUT2D eigenvalue weighted by atomic mass is 10.1. The molecular formula is C12H23NO3. The number of hydrogen-bond donors (Lipinski definition) is 0. The van der Waals surface area contributed by atoms with Crippen molar-refractivity contribution in [2.24, 2.45) is 5.92 Å². The number of methoxy groups -OCH3 is 1. The van der Waals surface area contributed by atoms with Crippen LogP contribution in [0.2, 0.25) is 0 Å². The van der Waals surface area contributed by atoms with Crippen LogP contribution in [0.1, 0.15) is 27.2 Å². The predicted octanol–water partition coefficient (Wildman–Crippen LogP) is 1.30. The Labute approximate surface area is 97.9 Å². The highest BCUT2D eigenvalue weighted by atomic mass is 16.5. The molecule has 1 aliphatic rings. The van der Waals surface area contributed by atoms with Gasteiger partial charge in [0.15, 0.2) is 0 Å². The second kappa shape index (κ2) is 5.64. The van der Waals surface area contributed by atoms with Gasteiger partial charge in [0.25, 0.3) is 0 Å². The van der Waals surface area contributed by atoms with Gasteiger partial charge in [0.05, 0.1) is 12.2 Å². The Morgan fingerprint density at radius 1 is 1.44 bits per heavy atom. The summed E-state index contributed by atoms with van der Waals surface area (Å²) >= 11 is 0. The molecule has 0 saturated carbocycles. The number of carbonyl (C=O) groups is 1. The predicted molar refractivity (Wildman–Crippen MR) is 62.3 cm³/mol. The molecular weight excluding hydrogens is 206 g/mol. The lowest BCUT2D eigenvalue weighted by Gasteiger charge is -2.22. The maximum absolute atomic E-state index is 11.8. The number of carbonyl (C=O) groups excluding carboxylic acids is 1. The van der Waals surface area contributed by atoms with E-state index in [2.05, 4.69) is 0 Å². The summed E-state index contributed by atoms with van der Waals surface area (Å²) in [6.45, 7) is 8.43. The van der Waals surface area contributed by atoms with Crippen molar-refractivity contribution < 1.29 is 14.3 Å². The first-order valence-corrected chi connectivity index (χ1v) is 5.83. The fourth-order valence-corrected chi connectivity index (χ4v) is 1.80. The summed E-state index contributed by atoms with van der Waals surface area (Å²) < 4.78 is 10.6. The minimum absolute atomic E-state index is 0.0912. The van der Waals surface area contributed by atoms with E-state index in [1.54, 1.807) is 7.11 Å². The van der Waals surface area contributed by atoms with Crippen molar-refractivity contribution in [2.45, 2.75) is 32.8 Å². The maximum atomic E-state index is 11.8. The molecule has 0 radical (unpaired) electrons. The third-order valence-electron chi connectivity index (χ3n) is 2.67. The summed E-state index contributed by atoms with van der Waals surface area (Å²) in [6.07, 6.45) is 1.04. The molecule has 0 bridgehead atoms. The minimum Gasteiger partial charge on any atom is -0.384 e. The fourth-order valence-electron chi connectivity index (χ4n) is 1.80. The molecule has 1 aliphatic heterocycles. The van der Waals surface area contributed by atoms with Gasteiger partial charge in [-0.15, -0.1) is 0 Å². The third kappa shape index (κ3) is 4.49. The van der Waals surface area contributed by atoms with Crippen molar-refractivity contribution >= 4 is 5.91 Å². The normalized spacial score (nSPS) is 21.5. The van der Waals surface area contributed by atoms with Crippen LogP contribution in [0.3, 0.4) is 0 Å². The van der Waals surface area contributed by atoms with E-state index >= 15 is 0 Å². The maximum Gasteiger partial charge on any atom is 0.248 e. The van der Waals surface area contributed by atoms with Gasteiger partial charge >= 0.3 is 0 Å². The van der Waals surface area contributed by atoms with Crippen LogP contribution >= 0.6 is 0 Å². The largest absolute Gasteiger partial charge is 0.384 e. The van der Waals surface area contributed by atoms with E-state index in [1.807, 2.05) is 25.7 Å². The Bertz CT molecular complexity index is 235. The molecule has 1 saturated heterocycles. The highest BCUT2D eigenvalue weighted by Gasteiger charge is 2.26. The number of nitrogens with zero attached hydrogens (tertiary/aromatic N) is 1. The van der Waals surface area contributed by atoms with Crippen molar-refractivity contribution in [1.82, 2.24) is 4.90 Å². The first kappa shape index (κ1) is 13.5. The second-order valence-electron chi connectivity index (χ2n) is 5.35. The van der Waals surface area contributed by atoms with Gasteiger partial charge in [-0.25, -0.2) is 0 Å². The molecule has 1 unspecified atom stereocenters. The monoisotopic (exact) mass is 229 g/mol. The van der Waals surface area contributed by atoms with Gasteiger partial charge in [0, 0.05) is 26.1 Å². The van der Waals surface area contributed by atoms with Crippen molar-refractivity contribution in [2.75, 3.05) is 33.4 Å². The molecule has 0 aliphatic carbocycles. The lowest BCUT2D eigenvalue weighted by molar-refractivity contribution is -0.140. The average molecular weight is 229 g/mol. The Morgan fingerprint density at radius 2 is 2.12 bits per heavy atom. The number of likely N-dealkylation sites (tertiary alicyclic amines) is 1. The molecule has 0 N–H and O–H groups in total. The molecule has 16 heavy (non-hydrogen) atoms. The molecule has 1 heterocycles. The van der Waals surface area contributed by atoms with Crippen molar-refractivity contribution in [3.63, 3.8) is 0 Å². The molecule has 1 fully saturated rings. The van der Waals surface area contributed by atoms with Gasteiger partial charge in [-0.2, -0.15) is 0 Å². The van der Waals surface area contributed by atoms with Crippen LogP contribution in [0.5, 0.6) is 0 Å². The molecule has 0 aromatic heterocycles. The first-order chi connectivity index (χ1) is 7.42. The van der Waals surface area contributed by atoms with Crippen molar-refractivity contribution in [3.05, 3.63) is 0 Å². The highest BCUT2D eigenvalue weighted by Crippen LogP contribution is 2.17. The van der Waals surface area contributed by atoms with Crippen LogP contribution in [-0.4, -0.2) is 49.8 Å². The smallest absolute Gasteiger partial charge is 0.248 e. The van der Waals surface area contributed by atoms with E-state index in [9.17, 15) is 4.79 Å². The summed E-state index contributed by atoms with van der Waals surface area (Å²) in [4.78, 5) is 13.7. The van der Waals surface area contributed by atoms with E-state index in [1.165, 1.54) is 0 Å². The van der Waals surface area contributed by atoms with E-state index < -0.39 is 0 Å².